The lowest BCUT2D eigenvalue weighted by Gasteiger charge is -2.36. The zero-order valence-electron chi connectivity index (χ0n) is 12.9. The van der Waals surface area contributed by atoms with Crippen LogP contribution in [0.15, 0.2) is 48.8 Å². The Morgan fingerprint density at radius 3 is 2.62 bits per heavy atom. The summed E-state index contributed by atoms with van der Waals surface area (Å²) in [6.07, 6.45) is 4.88. The quantitative estimate of drug-likeness (QED) is 0.858. The molecule has 110 valence electrons. The molecule has 1 atom stereocenters. The first-order valence-electron chi connectivity index (χ1n) is 7.57. The van der Waals surface area contributed by atoms with Gasteiger partial charge in [-0.3, -0.25) is 9.88 Å². The summed E-state index contributed by atoms with van der Waals surface area (Å²) in [5.41, 5.74) is 4.32. The second-order valence-electron chi connectivity index (χ2n) is 6.09. The molecule has 3 heteroatoms. The highest BCUT2D eigenvalue weighted by molar-refractivity contribution is 5.30. The van der Waals surface area contributed by atoms with E-state index in [1.54, 1.807) is 0 Å². The molecular formula is C18H23N3. The highest BCUT2D eigenvalue weighted by Crippen LogP contribution is 2.22. The second-order valence-corrected chi connectivity index (χ2v) is 6.09. The van der Waals surface area contributed by atoms with E-state index >= 15 is 0 Å². The van der Waals surface area contributed by atoms with E-state index in [4.69, 9.17) is 0 Å². The Labute approximate surface area is 127 Å². The minimum Gasteiger partial charge on any atom is -0.301 e. The van der Waals surface area contributed by atoms with Gasteiger partial charge < -0.3 is 4.90 Å². The lowest BCUT2D eigenvalue weighted by Crippen LogP contribution is -2.44. The number of aromatic nitrogens is 1. The smallest absolute Gasteiger partial charge is 0.0271 e. The summed E-state index contributed by atoms with van der Waals surface area (Å²) < 4.78 is 0. The van der Waals surface area contributed by atoms with Crippen molar-refractivity contribution in [3.63, 3.8) is 0 Å². The van der Waals surface area contributed by atoms with Gasteiger partial charge in [-0.05, 0) is 49.3 Å². The van der Waals surface area contributed by atoms with Gasteiger partial charge in [0.2, 0.25) is 0 Å². The Morgan fingerprint density at radius 2 is 1.86 bits per heavy atom. The van der Waals surface area contributed by atoms with Crippen molar-refractivity contribution in [3.05, 3.63) is 65.5 Å². The van der Waals surface area contributed by atoms with Gasteiger partial charge in [0.15, 0.2) is 0 Å². The van der Waals surface area contributed by atoms with Gasteiger partial charge in [-0.25, -0.2) is 0 Å². The van der Waals surface area contributed by atoms with Crippen molar-refractivity contribution in [2.24, 2.45) is 0 Å². The van der Waals surface area contributed by atoms with Crippen LogP contribution in [0.1, 0.15) is 16.7 Å². The third kappa shape index (κ3) is 3.49. The van der Waals surface area contributed by atoms with Crippen molar-refractivity contribution in [2.45, 2.75) is 25.6 Å². The summed E-state index contributed by atoms with van der Waals surface area (Å²) in [5, 5.41) is 0. The number of nitrogens with zero attached hydrogens (tertiary/aromatic N) is 3. The molecule has 3 nitrogen and oxygen atoms in total. The largest absolute Gasteiger partial charge is 0.301 e. The molecule has 1 aliphatic rings. The van der Waals surface area contributed by atoms with Crippen molar-refractivity contribution in [3.8, 4) is 0 Å². The van der Waals surface area contributed by atoms with Crippen LogP contribution >= 0.6 is 0 Å². The van der Waals surface area contributed by atoms with Gasteiger partial charge in [-0.15, -0.1) is 0 Å². The summed E-state index contributed by atoms with van der Waals surface area (Å²) in [7, 11) is 4.44. The molecule has 3 rings (SSSR count). The molecule has 1 aromatic heterocycles. The van der Waals surface area contributed by atoms with Crippen LogP contribution < -0.4 is 0 Å². The van der Waals surface area contributed by atoms with Gasteiger partial charge in [0.05, 0.1) is 0 Å². The first-order valence-corrected chi connectivity index (χ1v) is 7.57. The summed E-state index contributed by atoms with van der Waals surface area (Å²) in [4.78, 5) is 8.96. The molecule has 21 heavy (non-hydrogen) atoms. The van der Waals surface area contributed by atoms with Crippen LogP contribution in [-0.2, 0) is 19.5 Å². The molecule has 0 amide bonds. The van der Waals surface area contributed by atoms with Crippen molar-refractivity contribution >= 4 is 0 Å². The standard InChI is InChI=1S/C18H23N3/c1-20(12-15-7-9-19-10-8-15)14-18-11-16-5-3-4-6-17(16)13-21(18)2/h3-10,18H,11-14H2,1-2H3/t18-/m0/s1. The fourth-order valence-corrected chi connectivity index (χ4v) is 3.15. The van der Waals surface area contributed by atoms with E-state index in [1.165, 1.54) is 16.7 Å². The molecule has 0 fully saturated rings. The lowest BCUT2D eigenvalue weighted by atomic mass is 9.94. The van der Waals surface area contributed by atoms with Crippen LogP contribution in [0.4, 0.5) is 0 Å². The van der Waals surface area contributed by atoms with E-state index in [9.17, 15) is 0 Å². The Morgan fingerprint density at radius 1 is 1.14 bits per heavy atom. The van der Waals surface area contributed by atoms with E-state index < -0.39 is 0 Å². The van der Waals surface area contributed by atoms with Crippen molar-refractivity contribution in [1.29, 1.82) is 0 Å². The van der Waals surface area contributed by atoms with Crippen molar-refractivity contribution in [1.82, 2.24) is 14.8 Å². The number of fused-ring (bicyclic) bond motifs is 1. The predicted molar refractivity (Wildman–Crippen MR) is 86.0 cm³/mol. The molecule has 0 saturated carbocycles. The van der Waals surface area contributed by atoms with Crippen LogP contribution in [0.3, 0.4) is 0 Å². The molecule has 0 radical (unpaired) electrons. The van der Waals surface area contributed by atoms with Gasteiger partial charge in [-0.2, -0.15) is 0 Å². The highest BCUT2D eigenvalue weighted by Gasteiger charge is 2.23. The molecule has 0 saturated heterocycles. The number of pyridine rings is 1. The summed E-state index contributed by atoms with van der Waals surface area (Å²) in [6.45, 7) is 3.13. The summed E-state index contributed by atoms with van der Waals surface area (Å²) in [6, 6.07) is 13.6. The van der Waals surface area contributed by atoms with Gasteiger partial charge in [0.25, 0.3) is 0 Å². The first-order chi connectivity index (χ1) is 10.2. The molecule has 1 aliphatic heterocycles. The van der Waals surface area contributed by atoms with Gasteiger partial charge >= 0.3 is 0 Å². The number of benzene rings is 1. The molecular weight excluding hydrogens is 258 g/mol. The van der Waals surface area contributed by atoms with E-state index in [2.05, 4.69) is 65.3 Å². The predicted octanol–water partition coefficient (Wildman–Crippen LogP) is 2.57. The van der Waals surface area contributed by atoms with Gasteiger partial charge in [-0.1, -0.05) is 24.3 Å². The van der Waals surface area contributed by atoms with Gasteiger partial charge in [0, 0.05) is 38.1 Å². The minimum atomic E-state index is 0.590. The molecule has 2 heterocycles. The number of hydrogen-bond acceptors (Lipinski definition) is 3. The molecule has 1 aromatic carbocycles. The third-order valence-electron chi connectivity index (χ3n) is 4.34. The molecule has 0 unspecified atom stereocenters. The normalized spacial score (nSPS) is 18.7. The SMILES string of the molecule is CN(Cc1ccncc1)C[C@@H]1Cc2ccccc2CN1C. The van der Waals surface area contributed by atoms with Crippen LogP contribution in [-0.4, -0.2) is 41.5 Å². The Bertz CT molecular complexity index is 582. The van der Waals surface area contributed by atoms with Crippen LogP contribution in [0.5, 0.6) is 0 Å². The fraction of sp³-hybridized carbons (Fsp3) is 0.389. The van der Waals surface area contributed by atoms with Gasteiger partial charge in [0.1, 0.15) is 0 Å². The summed E-state index contributed by atoms with van der Waals surface area (Å²) >= 11 is 0. The third-order valence-corrected chi connectivity index (χ3v) is 4.34. The lowest BCUT2D eigenvalue weighted by molar-refractivity contribution is 0.158. The summed E-state index contributed by atoms with van der Waals surface area (Å²) in [5.74, 6) is 0. The fourth-order valence-electron chi connectivity index (χ4n) is 3.15. The molecule has 0 bridgehead atoms. The number of hydrogen-bond donors (Lipinski definition) is 0. The Balaban J connectivity index is 1.63. The maximum Gasteiger partial charge on any atom is 0.0271 e. The Hall–Kier alpha value is -1.71. The van der Waals surface area contributed by atoms with Crippen LogP contribution in [0.2, 0.25) is 0 Å². The topological polar surface area (TPSA) is 19.4 Å². The maximum absolute atomic E-state index is 4.08. The van der Waals surface area contributed by atoms with E-state index in [-0.39, 0.29) is 0 Å². The zero-order valence-corrected chi connectivity index (χ0v) is 12.9. The molecule has 0 spiro atoms. The molecule has 0 N–H and O–H groups in total. The van der Waals surface area contributed by atoms with Crippen LogP contribution in [0.25, 0.3) is 0 Å². The number of rotatable bonds is 4. The van der Waals surface area contributed by atoms with E-state index in [0.29, 0.717) is 6.04 Å². The molecule has 2 aromatic rings. The minimum absolute atomic E-state index is 0.590. The average Bonchev–Trinajstić information content (AvgIpc) is 2.49. The van der Waals surface area contributed by atoms with E-state index in [1.807, 2.05) is 12.4 Å². The van der Waals surface area contributed by atoms with E-state index in [0.717, 1.165) is 26.1 Å². The number of likely N-dealkylation sites (N-methyl/N-ethyl adjacent to an activating group) is 2. The van der Waals surface area contributed by atoms with Crippen LogP contribution in [0, 0.1) is 0 Å². The monoisotopic (exact) mass is 281 g/mol. The van der Waals surface area contributed by atoms with Crippen molar-refractivity contribution < 1.29 is 0 Å². The highest BCUT2D eigenvalue weighted by atomic mass is 15.2. The zero-order chi connectivity index (χ0) is 14.7. The average molecular weight is 281 g/mol. The second kappa shape index (κ2) is 6.37. The maximum atomic E-state index is 4.08. The molecule has 0 aliphatic carbocycles. The van der Waals surface area contributed by atoms with Crippen molar-refractivity contribution in [2.75, 3.05) is 20.6 Å². The first kappa shape index (κ1) is 14.2. The Kier molecular flexibility index (Phi) is 4.32.